The quantitative estimate of drug-likeness (QED) is 0.165. The molecule has 0 aromatic rings. The van der Waals surface area contributed by atoms with Crippen LogP contribution in [0.3, 0.4) is 0 Å². The fraction of sp³-hybridized carbons (Fsp3) is 0.905. The Labute approximate surface area is 322 Å². The van der Waals surface area contributed by atoms with Gasteiger partial charge in [-0.3, -0.25) is 9.59 Å². The van der Waals surface area contributed by atoms with Crippen LogP contribution in [0.25, 0.3) is 0 Å². The van der Waals surface area contributed by atoms with Gasteiger partial charge in [-0.2, -0.15) is 0 Å². The first kappa shape index (κ1) is 43.6. The molecule has 0 aromatic heterocycles. The summed E-state index contributed by atoms with van der Waals surface area (Å²) in [4.78, 5) is 26.4. The smallest absolute Gasteiger partial charge is 0.309 e. The van der Waals surface area contributed by atoms with Gasteiger partial charge in [-0.15, -0.1) is 0 Å². The minimum Gasteiger partial charge on any atom is -0.481 e. The standard InChI is InChI=1S/C42H70O12/c1-11-28(38(47)48)31-21-30(43)24(6)37(51-31)26(8)34(45)25(7)35(46)29(12-2)36-22(4)20-23(5)41(52-36)17-14-32(44)42(54-41)19-18-39(10,53-42)33-15-16-40(49,13-3)27(9)50-33/h14,17,22-34,36-37,43-45,49H,11-13,15-16,18-21H2,1-10H3,(H,47,48)/t22-,23+,24-,25-,26-,27-,28+,29-,30-,31+,32+,33+,34+,36-,37+,39-,40+,41-,42-/m0/s1. The highest BCUT2D eigenvalue weighted by Crippen LogP contribution is 2.54. The largest absolute Gasteiger partial charge is 0.481 e. The zero-order valence-corrected chi connectivity index (χ0v) is 34.3. The molecule has 0 saturated carbocycles. The summed E-state index contributed by atoms with van der Waals surface area (Å²) in [7, 11) is 0. The van der Waals surface area contributed by atoms with Crippen molar-refractivity contribution in [2.24, 2.45) is 41.4 Å². The molecule has 5 N–H and O–H groups in total. The molecule has 12 heteroatoms. The van der Waals surface area contributed by atoms with Gasteiger partial charge in [-0.25, -0.2) is 0 Å². The fourth-order valence-corrected chi connectivity index (χ4v) is 10.5. The third-order valence-corrected chi connectivity index (χ3v) is 14.6. The lowest BCUT2D eigenvalue weighted by Crippen LogP contribution is -2.63. The van der Waals surface area contributed by atoms with E-state index in [2.05, 4.69) is 6.92 Å². The molecular weight excluding hydrogens is 696 g/mol. The number of aliphatic hydroxyl groups excluding tert-OH is 3. The topological polar surface area (TPSA) is 181 Å². The Morgan fingerprint density at radius 3 is 2.17 bits per heavy atom. The van der Waals surface area contributed by atoms with Crippen molar-refractivity contribution in [1.82, 2.24) is 0 Å². The van der Waals surface area contributed by atoms with Crippen LogP contribution in [0.4, 0.5) is 0 Å². The SMILES string of the molecule is CC[C@@H](C(=O)[C@@H](C)[C@@H](O)[C@H](C)[C@@H]1O[C@@H]([C@@H](CC)C(=O)O)C[C@H](O)[C@@H]1C)[C@H]1O[C@]2(C=C[C@@H](O)[C@]3(CC[C@@](C)([C@H]4CC[C@](O)(CC)[C@H](C)O4)O3)O2)[C@H](C)C[C@@H]1C. The molecule has 5 rings (SSSR count). The van der Waals surface area contributed by atoms with Gasteiger partial charge >= 0.3 is 5.97 Å². The Balaban J connectivity index is 1.32. The molecule has 310 valence electrons. The number of carbonyl (C=O) groups is 2. The van der Waals surface area contributed by atoms with Crippen molar-refractivity contribution in [3.63, 3.8) is 0 Å². The summed E-state index contributed by atoms with van der Waals surface area (Å²) >= 11 is 0. The first-order valence-electron chi connectivity index (χ1n) is 20.8. The molecule has 0 aromatic carbocycles. The molecule has 0 unspecified atom stereocenters. The Kier molecular flexibility index (Phi) is 13.3. The number of carboxylic acid groups (broad SMARTS) is 1. The summed E-state index contributed by atoms with van der Waals surface area (Å²) in [5.74, 6) is -7.05. The molecule has 0 amide bonds. The first-order chi connectivity index (χ1) is 25.2. The number of ketones is 1. The minimum absolute atomic E-state index is 0.0232. The highest BCUT2D eigenvalue weighted by atomic mass is 16.8. The van der Waals surface area contributed by atoms with Gasteiger partial charge in [-0.1, -0.05) is 55.4 Å². The summed E-state index contributed by atoms with van der Waals surface area (Å²) < 4.78 is 33.3. The molecule has 0 bridgehead atoms. The van der Waals surface area contributed by atoms with Crippen LogP contribution < -0.4 is 0 Å². The van der Waals surface area contributed by atoms with Gasteiger partial charge in [-0.05, 0) is 76.9 Å². The van der Waals surface area contributed by atoms with E-state index in [0.717, 1.165) is 0 Å². The summed E-state index contributed by atoms with van der Waals surface area (Å²) in [6, 6.07) is 0. The maximum absolute atomic E-state index is 14.4. The van der Waals surface area contributed by atoms with E-state index in [0.29, 0.717) is 51.4 Å². The average molecular weight is 767 g/mol. The zero-order chi connectivity index (χ0) is 40.1. The lowest BCUT2D eigenvalue weighted by molar-refractivity contribution is -0.409. The molecule has 2 spiro atoms. The second kappa shape index (κ2) is 16.4. The van der Waals surface area contributed by atoms with Crippen LogP contribution in [0.5, 0.6) is 0 Å². The molecule has 0 aliphatic carbocycles. The number of carbonyl (C=O) groups excluding carboxylic acids is 1. The van der Waals surface area contributed by atoms with E-state index in [9.17, 15) is 35.1 Å². The van der Waals surface area contributed by atoms with Crippen LogP contribution in [0.2, 0.25) is 0 Å². The molecule has 5 aliphatic heterocycles. The van der Waals surface area contributed by atoms with Gasteiger partial charge < -0.3 is 49.2 Å². The zero-order valence-electron chi connectivity index (χ0n) is 34.3. The van der Waals surface area contributed by atoms with Gasteiger partial charge in [0.1, 0.15) is 11.9 Å². The lowest BCUT2D eigenvalue weighted by atomic mass is 9.72. The molecule has 12 nitrogen and oxygen atoms in total. The van der Waals surface area contributed by atoms with Crippen molar-refractivity contribution < 1.29 is 58.8 Å². The van der Waals surface area contributed by atoms with E-state index < -0.39 is 89.0 Å². The molecule has 5 heterocycles. The van der Waals surface area contributed by atoms with Gasteiger partial charge in [0.2, 0.25) is 5.79 Å². The molecule has 4 fully saturated rings. The van der Waals surface area contributed by atoms with Gasteiger partial charge in [0.25, 0.3) is 0 Å². The molecule has 4 saturated heterocycles. The normalized spacial score (nSPS) is 46.9. The molecule has 5 aliphatic rings. The van der Waals surface area contributed by atoms with Gasteiger partial charge in [0.15, 0.2) is 5.79 Å². The van der Waals surface area contributed by atoms with E-state index in [1.54, 1.807) is 32.9 Å². The molecule has 0 radical (unpaired) electrons. The Bertz CT molecular complexity index is 1360. The molecule has 19 atom stereocenters. The molecule has 54 heavy (non-hydrogen) atoms. The maximum Gasteiger partial charge on any atom is 0.309 e. The highest BCUT2D eigenvalue weighted by Gasteiger charge is 2.63. The predicted octanol–water partition coefficient (Wildman–Crippen LogP) is 5.16. The monoisotopic (exact) mass is 766 g/mol. The summed E-state index contributed by atoms with van der Waals surface area (Å²) in [5.41, 5.74) is -1.66. The van der Waals surface area contributed by atoms with Crippen LogP contribution in [0.1, 0.15) is 127 Å². The highest BCUT2D eigenvalue weighted by molar-refractivity contribution is 5.84. The Morgan fingerprint density at radius 1 is 0.907 bits per heavy atom. The second-order valence-corrected chi connectivity index (χ2v) is 18.0. The number of aliphatic carboxylic acids is 1. The lowest BCUT2D eigenvalue weighted by Gasteiger charge is -2.54. The number of hydrogen-bond acceptors (Lipinski definition) is 11. The van der Waals surface area contributed by atoms with Crippen LogP contribution in [0, 0.1) is 41.4 Å². The van der Waals surface area contributed by atoms with Crippen LogP contribution >= 0.6 is 0 Å². The first-order valence-corrected chi connectivity index (χ1v) is 20.8. The number of ether oxygens (including phenoxy) is 5. The Morgan fingerprint density at radius 2 is 1.57 bits per heavy atom. The number of hydrogen-bond donors (Lipinski definition) is 5. The van der Waals surface area contributed by atoms with Gasteiger partial charge in [0, 0.05) is 42.4 Å². The third-order valence-electron chi connectivity index (χ3n) is 14.6. The Hall–Kier alpha value is -1.48. The second-order valence-electron chi connectivity index (χ2n) is 18.0. The summed E-state index contributed by atoms with van der Waals surface area (Å²) in [6.07, 6.45) is 2.39. The maximum atomic E-state index is 14.4. The van der Waals surface area contributed by atoms with Crippen molar-refractivity contribution >= 4 is 11.8 Å². The van der Waals surface area contributed by atoms with E-state index >= 15 is 0 Å². The third kappa shape index (κ3) is 7.86. The van der Waals surface area contributed by atoms with E-state index in [1.165, 1.54) is 0 Å². The predicted molar refractivity (Wildman–Crippen MR) is 200 cm³/mol. The number of aliphatic hydroxyl groups is 4. The van der Waals surface area contributed by atoms with Gasteiger partial charge in [0.05, 0.1) is 59.8 Å². The van der Waals surface area contributed by atoms with E-state index in [4.69, 9.17) is 23.7 Å². The van der Waals surface area contributed by atoms with Crippen LogP contribution in [0.15, 0.2) is 12.2 Å². The van der Waals surface area contributed by atoms with E-state index in [-0.39, 0.29) is 42.2 Å². The van der Waals surface area contributed by atoms with Crippen molar-refractivity contribution in [2.45, 2.75) is 199 Å². The number of Topliss-reactive ketones (excluding diaryl/α,β-unsaturated/α-hetero) is 1. The average Bonchev–Trinajstić information content (AvgIpc) is 3.47. The van der Waals surface area contributed by atoms with Crippen LogP contribution in [-0.2, 0) is 33.3 Å². The van der Waals surface area contributed by atoms with Crippen molar-refractivity contribution in [3.05, 3.63) is 12.2 Å². The fourth-order valence-electron chi connectivity index (χ4n) is 10.5. The van der Waals surface area contributed by atoms with Crippen LogP contribution in [-0.4, -0.2) is 109 Å². The van der Waals surface area contributed by atoms with Crippen molar-refractivity contribution in [1.29, 1.82) is 0 Å². The van der Waals surface area contributed by atoms with Crippen molar-refractivity contribution in [3.8, 4) is 0 Å². The molecular formula is C42H70O12. The number of carboxylic acids is 1. The minimum atomic E-state index is -1.39. The number of rotatable bonds is 12. The van der Waals surface area contributed by atoms with Crippen molar-refractivity contribution in [2.75, 3.05) is 0 Å². The van der Waals surface area contributed by atoms with E-state index in [1.807, 2.05) is 41.5 Å². The summed E-state index contributed by atoms with van der Waals surface area (Å²) in [5, 5.41) is 54.9. The summed E-state index contributed by atoms with van der Waals surface area (Å²) in [6.45, 7) is 19.0.